The summed E-state index contributed by atoms with van der Waals surface area (Å²) >= 11 is 3.14. The maximum atomic E-state index is 12.4. The Kier molecular flexibility index (Phi) is 7.28. The fourth-order valence-corrected chi connectivity index (χ4v) is 4.76. The smallest absolute Gasteiger partial charge is 0.234 e. The van der Waals surface area contributed by atoms with Gasteiger partial charge in [0.15, 0.2) is 11.0 Å². The van der Waals surface area contributed by atoms with E-state index in [1.807, 2.05) is 36.6 Å². The Hall–Kier alpha value is -2.38. The van der Waals surface area contributed by atoms with E-state index in [1.165, 1.54) is 22.2 Å². The van der Waals surface area contributed by atoms with E-state index in [0.29, 0.717) is 6.54 Å². The van der Waals surface area contributed by atoms with Crippen LogP contribution < -0.4 is 5.32 Å². The topological polar surface area (TPSA) is 59.8 Å². The third-order valence-electron chi connectivity index (χ3n) is 4.43. The van der Waals surface area contributed by atoms with Gasteiger partial charge in [-0.15, -0.1) is 28.1 Å². The van der Waals surface area contributed by atoms with Crippen molar-refractivity contribution >= 4 is 34.7 Å². The highest BCUT2D eigenvalue weighted by atomic mass is 32.2. The van der Waals surface area contributed by atoms with Crippen LogP contribution in [0, 0.1) is 13.8 Å². The summed E-state index contributed by atoms with van der Waals surface area (Å²) in [6.45, 7) is 10.7. The van der Waals surface area contributed by atoms with Gasteiger partial charge in [-0.05, 0) is 38.0 Å². The Balaban J connectivity index is 1.70. The molecule has 2 aromatic heterocycles. The number of rotatable bonds is 9. The molecular formula is C22H26N4OS2. The molecule has 1 N–H and O–H groups in total. The molecule has 3 rings (SSSR count). The monoisotopic (exact) mass is 426 g/mol. The number of allylic oxidation sites excluding steroid dienone is 1. The average molecular weight is 427 g/mol. The zero-order valence-electron chi connectivity index (χ0n) is 17.1. The number of aromatic nitrogens is 3. The maximum absolute atomic E-state index is 12.4. The van der Waals surface area contributed by atoms with Crippen LogP contribution in [0.2, 0.25) is 0 Å². The number of thiophene rings is 1. The van der Waals surface area contributed by atoms with Crippen LogP contribution >= 0.6 is 23.1 Å². The van der Waals surface area contributed by atoms with Gasteiger partial charge in [-0.1, -0.05) is 48.9 Å². The minimum absolute atomic E-state index is 0.0579. The zero-order chi connectivity index (χ0) is 20.8. The Morgan fingerprint density at radius 1 is 1.31 bits per heavy atom. The number of thioether (sulfide) groups is 1. The van der Waals surface area contributed by atoms with E-state index < -0.39 is 0 Å². The third kappa shape index (κ3) is 5.36. The van der Waals surface area contributed by atoms with E-state index in [2.05, 4.69) is 46.5 Å². The van der Waals surface area contributed by atoms with Gasteiger partial charge in [-0.3, -0.25) is 9.36 Å². The summed E-state index contributed by atoms with van der Waals surface area (Å²) in [5.41, 5.74) is 4.15. The van der Waals surface area contributed by atoms with E-state index in [0.717, 1.165) is 40.6 Å². The van der Waals surface area contributed by atoms with E-state index >= 15 is 0 Å². The molecule has 0 spiro atoms. The van der Waals surface area contributed by atoms with Gasteiger partial charge in [0, 0.05) is 28.1 Å². The van der Waals surface area contributed by atoms with Crippen LogP contribution in [-0.4, -0.2) is 26.4 Å². The number of anilines is 1. The number of hydrogen-bond acceptors (Lipinski definition) is 5. The molecule has 5 nitrogen and oxygen atoms in total. The van der Waals surface area contributed by atoms with Gasteiger partial charge in [0.25, 0.3) is 0 Å². The first-order valence-electron chi connectivity index (χ1n) is 9.63. The lowest BCUT2D eigenvalue weighted by Crippen LogP contribution is -2.15. The first-order chi connectivity index (χ1) is 14.0. The number of nitrogens with one attached hydrogen (secondary N) is 1. The standard InChI is InChI=1S/C22H26N4OS2/c1-5-7-18-12-17(13-28-18)21-24-25-22(26(21)10-6-2)29-14-20(27)23-19-9-8-15(3)11-16(19)4/h6,8-9,11-13H,2,5,7,10,14H2,1,3-4H3,(H,23,27). The second-order valence-electron chi connectivity index (χ2n) is 6.91. The molecule has 0 bridgehead atoms. The second kappa shape index (κ2) is 9.89. The highest BCUT2D eigenvalue weighted by Gasteiger charge is 2.16. The Bertz CT molecular complexity index is 1010. The summed E-state index contributed by atoms with van der Waals surface area (Å²) in [4.78, 5) is 13.8. The number of nitrogens with zero attached hydrogens (tertiary/aromatic N) is 3. The Labute approximate surface area is 180 Å². The summed E-state index contributed by atoms with van der Waals surface area (Å²) in [6, 6.07) is 8.18. The molecule has 0 fully saturated rings. The molecule has 29 heavy (non-hydrogen) atoms. The van der Waals surface area contributed by atoms with Crippen molar-refractivity contribution in [2.45, 2.75) is 45.3 Å². The molecule has 0 saturated heterocycles. The number of aryl methyl sites for hydroxylation is 3. The fraction of sp³-hybridized carbons (Fsp3) is 0.318. The average Bonchev–Trinajstić information content (AvgIpc) is 3.30. The van der Waals surface area contributed by atoms with E-state index in [9.17, 15) is 4.79 Å². The highest BCUT2D eigenvalue weighted by Crippen LogP contribution is 2.28. The summed E-state index contributed by atoms with van der Waals surface area (Å²) < 4.78 is 2.01. The summed E-state index contributed by atoms with van der Waals surface area (Å²) in [6.07, 6.45) is 4.02. The lowest BCUT2D eigenvalue weighted by Gasteiger charge is -2.09. The minimum Gasteiger partial charge on any atom is -0.325 e. The van der Waals surface area contributed by atoms with Gasteiger partial charge in [-0.2, -0.15) is 0 Å². The predicted molar refractivity (Wildman–Crippen MR) is 123 cm³/mol. The van der Waals surface area contributed by atoms with Crippen LogP contribution in [-0.2, 0) is 17.8 Å². The molecule has 0 unspecified atom stereocenters. The van der Waals surface area contributed by atoms with Crippen LogP contribution in [0.25, 0.3) is 11.4 Å². The molecule has 2 heterocycles. The van der Waals surface area contributed by atoms with Gasteiger partial charge < -0.3 is 5.32 Å². The van der Waals surface area contributed by atoms with Crippen molar-refractivity contribution in [3.05, 3.63) is 58.3 Å². The summed E-state index contributed by atoms with van der Waals surface area (Å²) in [5.74, 6) is 1.03. The van der Waals surface area contributed by atoms with Crippen molar-refractivity contribution < 1.29 is 4.79 Å². The van der Waals surface area contributed by atoms with Crippen LogP contribution in [0.5, 0.6) is 0 Å². The van der Waals surface area contributed by atoms with Crippen molar-refractivity contribution in [3.8, 4) is 11.4 Å². The highest BCUT2D eigenvalue weighted by molar-refractivity contribution is 7.99. The first kappa shape index (κ1) is 21.3. The molecule has 1 aromatic carbocycles. The van der Waals surface area contributed by atoms with E-state index in [-0.39, 0.29) is 11.7 Å². The molecule has 1 amide bonds. The van der Waals surface area contributed by atoms with Gasteiger partial charge in [0.2, 0.25) is 5.91 Å². The number of benzene rings is 1. The maximum Gasteiger partial charge on any atom is 0.234 e. The Morgan fingerprint density at radius 3 is 2.86 bits per heavy atom. The normalized spacial score (nSPS) is 10.9. The second-order valence-corrected chi connectivity index (χ2v) is 8.85. The first-order valence-corrected chi connectivity index (χ1v) is 11.5. The quantitative estimate of drug-likeness (QED) is 0.363. The Morgan fingerprint density at radius 2 is 2.14 bits per heavy atom. The van der Waals surface area contributed by atoms with Gasteiger partial charge in [-0.25, -0.2) is 0 Å². The summed E-state index contributed by atoms with van der Waals surface area (Å²) in [5, 5.41) is 14.5. The van der Waals surface area contributed by atoms with Crippen molar-refractivity contribution in [1.82, 2.24) is 14.8 Å². The van der Waals surface area contributed by atoms with E-state index in [4.69, 9.17) is 0 Å². The van der Waals surface area contributed by atoms with Crippen LogP contribution in [0.1, 0.15) is 29.3 Å². The van der Waals surface area contributed by atoms with E-state index in [1.54, 1.807) is 11.3 Å². The largest absolute Gasteiger partial charge is 0.325 e. The van der Waals surface area contributed by atoms with Gasteiger partial charge in [0.1, 0.15) is 0 Å². The predicted octanol–water partition coefficient (Wildman–Crippen LogP) is 5.49. The van der Waals surface area contributed by atoms with Crippen molar-refractivity contribution in [1.29, 1.82) is 0 Å². The van der Waals surface area contributed by atoms with Gasteiger partial charge >= 0.3 is 0 Å². The molecule has 0 aliphatic rings. The van der Waals surface area contributed by atoms with Gasteiger partial charge in [0.05, 0.1) is 5.75 Å². The summed E-state index contributed by atoms with van der Waals surface area (Å²) in [7, 11) is 0. The van der Waals surface area contributed by atoms with Crippen molar-refractivity contribution in [2.75, 3.05) is 11.1 Å². The number of amides is 1. The molecule has 152 valence electrons. The minimum atomic E-state index is -0.0579. The number of carbonyl (C=O) groups is 1. The van der Waals surface area contributed by atoms with Crippen LogP contribution in [0.4, 0.5) is 5.69 Å². The SMILES string of the molecule is C=CCn1c(SCC(=O)Nc2ccc(C)cc2C)nnc1-c1csc(CCC)c1. The molecular weight excluding hydrogens is 400 g/mol. The fourth-order valence-electron chi connectivity index (χ4n) is 3.05. The number of hydrogen-bond donors (Lipinski definition) is 1. The molecule has 0 radical (unpaired) electrons. The number of carbonyl (C=O) groups excluding carboxylic acids is 1. The lowest BCUT2D eigenvalue weighted by atomic mass is 10.1. The van der Waals surface area contributed by atoms with Crippen molar-refractivity contribution in [2.24, 2.45) is 0 Å². The zero-order valence-corrected chi connectivity index (χ0v) is 18.7. The van der Waals surface area contributed by atoms with Crippen LogP contribution in [0.3, 0.4) is 0 Å². The lowest BCUT2D eigenvalue weighted by molar-refractivity contribution is -0.113. The molecule has 0 aliphatic carbocycles. The molecule has 3 aromatic rings. The van der Waals surface area contributed by atoms with Crippen molar-refractivity contribution in [3.63, 3.8) is 0 Å². The molecule has 0 aliphatic heterocycles. The molecule has 0 atom stereocenters. The third-order valence-corrected chi connectivity index (χ3v) is 6.39. The molecule has 7 heteroatoms. The molecule has 0 saturated carbocycles. The van der Waals surface area contributed by atoms with Crippen LogP contribution in [0.15, 0.2) is 47.5 Å².